The lowest BCUT2D eigenvalue weighted by molar-refractivity contribution is -0.157. The van der Waals surface area contributed by atoms with Crippen molar-refractivity contribution in [3.05, 3.63) is 0 Å². The Morgan fingerprint density at radius 2 is 1.83 bits per heavy atom. The van der Waals surface area contributed by atoms with Crippen LogP contribution in [0.4, 0.5) is 0 Å². The average Bonchev–Trinajstić information content (AvgIpc) is 2.61. The molecule has 1 amide bonds. The van der Waals surface area contributed by atoms with Crippen LogP contribution in [0.2, 0.25) is 0 Å². The van der Waals surface area contributed by atoms with Gasteiger partial charge in [0.05, 0.1) is 6.42 Å². The maximum absolute atomic E-state index is 11.3. The van der Waals surface area contributed by atoms with Gasteiger partial charge in [-0.25, -0.2) is 0 Å². The third-order valence-corrected chi connectivity index (χ3v) is 2.47. The fourth-order valence-electron chi connectivity index (χ4n) is 1.53. The molecule has 7 heteroatoms. The van der Waals surface area contributed by atoms with Crippen molar-refractivity contribution in [1.29, 1.82) is 0 Å². The van der Waals surface area contributed by atoms with Crippen molar-refractivity contribution in [2.24, 2.45) is 5.73 Å². The molecule has 3 N–H and O–H groups in total. The zero-order valence-corrected chi connectivity index (χ0v) is 9.94. The lowest BCUT2D eigenvalue weighted by atomic mass is 10.3. The highest BCUT2D eigenvalue weighted by Gasteiger charge is 2.35. The van der Waals surface area contributed by atoms with Gasteiger partial charge in [-0.2, -0.15) is 0 Å². The van der Waals surface area contributed by atoms with Gasteiger partial charge in [0.2, 0.25) is 12.0 Å². The number of hydrogen-bond acceptors (Lipinski definition) is 6. The zero-order valence-electron chi connectivity index (χ0n) is 9.94. The first-order chi connectivity index (χ1) is 8.54. The van der Waals surface area contributed by atoms with E-state index in [1.165, 1.54) is 0 Å². The summed E-state index contributed by atoms with van der Waals surface area (Å²) in [4.78, 5) is 44.8. The molecule has 0 spiro atoms. The van der Waals surface area contributed by atoms with Gasteiger partial charge in [-0.1, -0.05) is 0 Å². The quantitative estimate of drug-likeness (QED) is 0.450. The van der Waals surface area contributed by atoms with Crippen molar-refractivity contribution in [1.82, 2.24) is 5.32 Å². The molecule has 100 valence electrons. The zero-order chi connectivity index (χ0) is 13.5. The number of esters is 1. The van der Waals surface area contributed by atoms with Gasteiger partial charge in [-0.3, -0.25) is 19.2 Å². The number of carbonyl (C=O) groups is 4. The summed E-state index contributed by atoms with van der Waals surface area (Å²) >= 11 is 0. The molecule has 1 fully saturated rings. The molecule has 0 unspecified atom stereocenters. The van der Waals surface area contributed by atoms with Crippen molar-refractivity contribution in [2.45, 2.75) is 31.8 Å². The normalized spacial score (nSPS) is 15.8. The van der Waals surface area contributed by atoms with E-state index in [0.29, 0.717) is 0 Å². The van der Waals surface area contributed by atoms with Crippen molar-refractivity contribution in [2.75, 3.05) is 13.1 Å². The average molecular weight is 256 g/mol. The Hall–Kier alpha value is -1.76. The highest BCUT2D eigenvalue weighted by molar-refractivity contribution is 6.12. The first kappa shape index (κ1) is 14.3. The Morgan fingerprint density at radius 1 is 1.22 bits per heavy atom. The molecule has 0 aromatic rings. The molecular weight excluding hydrogens is 240 g/mol. The summed E-state index contributed by atoms with van der Waals surface area (Å²) in [6.45, 7) is 0.341. The molecule has 1 aliphatic rings. The number of amides is 1. The topological polar surface area (TPSA) is 116 Å². The molecule has 1 aliphatic carbocycles. The number of hydrogen-bond donors (Lipinski definition) is 2. The summed E-state index contributed by atoms with van der Waals surface area (Å²) in [6.07, 6.45) is -0.868. The Morgan fingerprint density at radius 3 is 2.39 bits per heavy atom. The second kappa shape index (κ2) is 6.85. The minimum Gasteiger partial charge on any atom is -0.446 e. The number of carbonyl (C=O) groups excluding carboxylic acids is 4. The molecule has 7 nitrogen and oxygen atoms in total. The van der Waals surface area contributed by atoms with E-state index in [1.807, 2.05) is 0 Å². The largest absolute Gasteiger partial charge is 0.446 e. The minimum absolute atomic E-state index is 0.0760. The molecule has 0 aromatic heterocycles. The minimum atomic E-state index is -1.24. The van der Waals surface area contributed by atoms with Crippen molar-refractivity contribution >= 4 is 23.4 Å². The van der Waals surface area contributed by atoms with Crippen molar-refractivity contribution < 1.29 is 23.9 Å². The molecule has 0 bridgehead atoms. The van der Waals surface area contributed by atoms with E-state index in [0.717, 1.165) is 0 Å². The number of Topliss-reactive ketones (excluding diaryl/α,β-unsaturated/α-hetero) is 2. The number of rotatable bonds is 6. The predicted octanol–water partition coefficient (Wildman–Crippen LogP) is -1.31. The number of nitrogens with two attached hydrogens (primary N) is 1. The Bertz CT molecular complexity index is 350. The van der Waals surface area contributed by atoms with E-state index in [9.17, 15) is 19.2 Å². The molecule has 0 atom stereocenters. The predicted molar refractivity (Wildman–Crippen MR) is 60.4 cm³/mol. The maximum Gasteiger partial charge on any atom is 0.308 e. The van der Waals surface area contributed by atoms with Gasteiger partial charge in [-0.15, -0.1) is 0 Å². The van der Waals surface area contributed by atoms with Crippen LogP contribution in [0.1, 0.15) is 25.7 Å². The lowest BCUT2D eigenvalue weighted by Crippen LogP contribution is -2.31. The van der Waals surface area contributed by atoms with Crippen LogP contribution in [0.25, 0.3) is 0 Å². The van der Waals surface area contributed by atoms with Crippen LogP contribution in [0.5, 0.6) is 0 Å². The SMILES string of the molecule is NCCC(=O)NCCC(=O)OC1C(=O)CCC1=O. The van der Waals surface area contributed by atoms with Crippen molar-refractivity contribution in [3.63, 3.8) is 0 Å². The van der Waals surface area contributed by atoms with E-state index in [1.54, 1.807) is 0 Å². The van der Waals surface area contributed by atoms with E-state index in [2.05, 4.69) is 5.32 Å². The highest BCUT2D eigenvalue weighted by Crippen LogP contribution is 2.14. The van der Waals surface area contributed by atoms with Crippen LogP contribution in [0, 0.1) is 0 Å². The van der Waals surface area contributed by atoms with Crippen LogP contribution in [-0.2, 0) is 23.9 Å². The van der Waals surface area contributed by atoms with E-state index in [-0.39, 0.29) is 56.2 Å². The second-order valence-electron chi connectivity index (χ2n) is 3.94. The number of ether oxygens (including phenoxy) is 1. The lowest BCUT2D eigenvalue weighted by Gasteiger charge is -2.09. The Kier molecular flexibility index (Phi) is 5.44. The fraction of sp³-hybridized carbons (Fsp3) is 0.636. The van der Waals surface area contributed by atoms with Crippen LogP contribution in [0.15, 0.2) is 0 Å². The van der Waals surface area contributed by atoms with Crippen LogP contribution in [-0.4, -0.2) is 42.6 Å². The second-order valence-corrected chi connectivity index (χ2v) is 3.94. The maximum atomic E-state index is 11.3. The van der Waals surface area contributed by atoms with E-state index < -0.39 is 12.1 Å². The third-order valence-electron chi connectivity index (χ3n) is 2.47. The third kappa shape index (κ3) is 4.25. The van der Waals surface area contributed by atoms with E-state index >= 15 is 0 Å². The summed E-state index contributed by atoms with van der Waals surface area (Å²) in [5.41, 5.74) is 5.17. The highest BCUT2D eigenvalue weighted by atomic mass is 16.6. The Balaban J connectivity index is 2.23. The Labute approximate surface area is 104 Å². The first-order valence-corrected chi connectivity index (χ1v) is 5.76. The molecule has 18 heavy (non-hydrogen) atoms. The summed E-state index contributed by atoms with van der Waals surface area (Å²) in [6, 6.07) is 0. The van der Waals surface area contributed by atoms with Gasteiger partial charge < -0.3 is 15.8 Å². The van der Waals surface area contributed by atoms with Gasteiger partial charge in [0.15, 0.2) is 11.6 Å². The smallest absolute Gasteiger partial charge is 0.308 e. The number of ketones is 2. The van der Waals surface area contributed by atoms with Crippen LogP contribution in [0.3, 0.4) is 0 Å². The molecule has 0 heterocycles. The van der Waals surface area contributed by atoms with Crippen LogP contribution < -0.4 is 11.1 Å². The molecule has 0 aromatic carbocycles. The standard InChI is InChI=1S/C11H16N2O5/c12-5-3-9(16)13-6-4-10(17)18-11-7(14)1-2-8(11)15/h11H,1-6,12H2,(H,13,16). The van der Waals surface area contributed by atoms with Gasteiger partial charge in [-0.05, 0) is 0 Å². The van der Waals surface area contributed by atoms with Gasteiger partial charge in [0, 0.05) is 32.4 Å². The molecule has 1 saturated carbocycles. The molecule has 0 aliphatic heterocycles. The molecule has 1 rings (SSSR count). The summed E-state index contributed by atoms with van der Waals surface area (Å²) in [7, 11) is 0. The summed E-state index contributed by atoms with van der Waals surface area (Å²) < 4.78 is 4.76. The summed E-state index contributed by atoms with van der Waals surface area (Å²) in [5.74, 6) is -1.64. The fourth-order valence-corrected chi connectivity index (χ4v) is 1.53. The van der Waals surface area contributed by atoms with Crippen LogP contribution >= 0.6 is 0 Å². The first-order valence-electron chi connectivity index (χ1n) is 5.76. The van der Waals surface area contributed by atoms with E-state index in [4.69, 9.17) is 10.5 Å². The molecule has 0 radical (unpaired) electrons. The molecular formula is C11H16N2O5. The van der Waals surface area contributed by atoms with Gasteiger partial charge in [0.25, 0.3) is 0 Å². The molecule has 0 saturated heterocycles. The van der Waals surface area contributed by atoms with Gasteiger partial charge >= 0.3 is 5.97 Å². The monoisotopic (exact) mass is 256 g/mol. The number of nitrogens with one attached hydrogen (secondary N) is 1. The van der Waals surface area contributed by atoms with Crippen molar-refractivity contribution in [3.8, 4) is 0 Å². The summed E-state index contributed by atoms with van der Waals surface area (Å²) in [5, 5.41) is 2.47. The van der Waals surface area contributed by atoms with Gasteiger partial charge in [0.1, 0.15) is 0 Å².